The molecule has 1 aromatic carbocycles. The monoisotopic (exact) mass is 343 g/mol. The van der Waals surface area contributed by atoms with Crippen LogP contribution in [-0.2, 0) is 22.3 Å². The van der Waals surface area contributed by atoms with Gasteiger partial charge in [-0.25, -0.2) is 0 Å². The summed E-state index contributed by atoms with van der Waals surface area (Å²) < 4.78 is 37.7. The summed E-state index contributed by atoms with van der Waals surface area (Å²) in [4.78, 5) is 24.5. The van der Waals surface area contributed by atoms with E-state index in [-0.39, 0.29) is 12.5 Å². The molecule has 1 aromatic rings. The number of carbonyl (C=O) groups excluding carboxylic acids is 1. The number of hydrogen-bond acceptors (Lipinski definition) is 2. The third-order valence-electron chi connectivity index (χ3n) is 3.37. The Morgan fingerprint density at radius 2 is 1.79 bits per heavy atom. The molecule has 7 heteroatoms. The molecule has 132 valence electrons. The van der Waals surface area contributed by atoms with Crippen LogP contribution < -0.4 is 0 Å². The first kappa shape index (κ1) is 19.7. The van der Waals surface area contributed by atoms with Gasteiger partial charge in [-0.15, -0.1) is 6.58 Å². The molecule has 0 aromatic heterocycles. The first-order chi connectivity index (χ1) is 11.0. The number of amides is 1. The van der Waals surface area contributed by atoms with E-state index >= 15 is 0 Å². The van der Waals surface area contributed by atoms with Crippen molar-refractivity contribution < 1.29 is 27.9 Å². The van der Waals surface area contributed by atoms with Gasteiger partial charge in [0, 0.05) is 12.5 Å². The fourth-order valence-corrected chi connectivity index (χ4v) is 2.32. The van der Waals surface area contributed by atoms with Gasteiger partial charge in [0.1, 0.15) is 6.54 Å². The van der Waals surface area contributed by atoms with Crippen LogP contribution in [0, 0.1) is 5.92 Å². The Morgan fingerprint density at radius 3 is 2.21 bits per heavy atom. The van der Waals surface area contributed by atoms with Gasteiger partial charge < -0.3 is 10.0 Å². The summed E-state index contributed by atoms with van der Waals surface area (Å²) in [5, 5.41) is 8.97. The molecule has 0 saturated heterocycles. The summed E-state index contributed by atoms with van der Waals surface area (Å²) in [7, 11) is 0. The molecule has 4 nitrogen and oxygen atoms in total. The van der Waals surface area contributed by atoms with Crippen molar-refractivity contribution in [2.24, 2.45) is 5.92 Å². The summed E-state index contributed by atoms with van der Waals surface area (Å²) in [5.74, 6) is -2.01. The molecule has 0 radical (unpaired) electrons. The summed E-state index contributed by atoms with van der Waals surface area (Å²) >= 11 is 0. The highest BCUT2D eigenvalue weighted by Crippen LogP contribution is 2.29. The highest BCUT2D eigenvalue weighted by atomic mass is 19.4. The predicted molar refractivity (Wildman–Crippen MR) is 83.1 cm³/mol. The zero-order valence-electron chi connectivity index (χ0n) is 13.6. The lowest BCUT2D eigenvalue weighted by Gasteiger charge is -2.24. The van der Waals surface area contributed by atoms with Crippen molar-refractivity contribution in [3.05, 3.63) is 47.5 Å². The SMILES string of the molecule is C=C(C)CC(C)C(=O)N(CC(=O)O)Cc1ccc(C(F)(F)F)cc1. The van der Waals surface area contributed by atoms with Crippen LogP contribution in [0.3, 0.4) is 0 Å². The van der Waals surface area contributed by atoms with E-state index < -0.39 is 30.2 Å². The number of benzene rings is 1. The van der Waals surface area contributed by atoms with Crippen molar-refractivity contribution in [2.75, 3.05) is 6.54 Å². The van der Waals surface area contributed by atoms with E-state index in [0.717, 1.165) is 22.6 Å². The van der Waals surface area contributed by atoms with E-state index in [4.69, 9.17) is 5.11 Å². The average Bonchev–Trinajstić information content (AvgIpc) is 2.44. The molecule has 0 aliphatic heterocycles. The van der Waals surface area contributed by atoms with Crippen LogP contribution in [0.25, 0.3) is 0 Å². The highest BCUT2D eigenvalue weighted by Gasteiger charge is 2.30. The minimum Gasteiger partial charge on any atom is -0.480 e. The zero-order chi connectivity index (χ0) is 18.5. The van der Waals surface area contributed by atoms with Crippen LogP contribution in [-0.4, -0.2) is 28.4 Å². The lowest BCUT2D eigenvalue weighted by molar-refractivity contribution is -0.146. The molecular weight excluding hydrogens is 323 g/mol. The summed E-state index contributed by atoms with van der Waals surface area (Å²) in [6, 6.07) is 4.31. The minimum atomic E-state index is -4.44. The molecule has 0 aliphatic rings. The van der Waals surface area contributed by atoms with E-state index in [2.05, 4.69) is 6.58 Å². The minimum absolute atomic E-state index is 0.0657. The molecule has 1 amide bonds. The molecular formula is C17H20F3NO3. The van der Waals surface area contributed by atoms with Crippen LogP contribution in [0.1, 0.15) is 31.4 Å². The van der Waals surface area contributed by atoms with E-state index in [9.17, 15) is 22.8 Å². The fourth-order valence-electron chi connectivity index (χ4n) is 2.32. The van der Waals surface area contributed by atoms with Crippen LogP contribution >= 0.6 is 0 Å². The molecule has 1 unspecified atom stereocenters. The third-order valence-corrected chi connectivity index (χ3v) is 3.37. The molecule has 0 bridgehead atoms. The number of nitrogens with zero attached hydrogens (tertiary/aromatic N) is 1. The van der Waals surface area contributed by atoms with Crippen LogP contribution in [0.4, 0.5) is 13.2 Å². The predicted octanol–water partition coefficient (Wildman–Crippen LogP) is 3.72. The van der Waals surface area contributed by atoms with Crippen molar-refractivity contribution in [3.8, 4) is 0 Å². The second-order valence-electron chi connectivity index (χ2n) is 5.84. The number of alkyl halides is 3. The number of carboxylic acids is 1. The van der Waals surface area contributed by atoms with E-state index in [0.29, 0.717) is 12.0 Å². The van der Waals surface area contributed by atoms with Gasteiger partial charge >= 0.3 is 12.1 Å². The molecule has 1 N–H and O–H groups in total. The Labute approximate surface area is 138 Å². The third kappa shape index (κ3) is 6.06. The van der Waals surface area contributed by atoms with Crippen molar-refractivity contribution in [2.45, 2.75) is 33.0 Å². The average molecular weight is 343 g/mol. The van der Waals surface area contributed by atoms with Gasteiger partial charge in [-0.3, -0.25) is 9.59 Å². The summed E-state index contributed by atoms with van der Waals surface area (Å²) in [6.45, 7) is 6.57. The molecule has 1 rings (SSSR count). The molecule has 0 heterocycles. The number of carboxylic acid groups (broad SMARTS) is 1. The number of hydrogen-bond donors (Lipinski definition) is 1. The topological polar surface area (TPSA) is 57.6 Å². The van der Waals surface area contributed by atoms with Gasteiger partial charge in [0.2, 0.25) is 5.91 Å². The molecule has 24 heavy (non-hydrogen) atoms. The second-order valence-corrected chi connectivity index (χ2v) is 5.84. The largest absolute Gasteiger partial charge is 0.480 e. The first-order valence-electron chi connectivity index (χ1n) is 7.31. The summed E-state index contributed by atoms with van der Waals surface area (Å²) in [6.07, 6.45) is -4.02. The second kappa shape index (κ2) is 7.99. The van der Waals surface area contributed by atoms with E-state index in [1.807, 2.05) is 0 Å². The standard InChI is InChI=1S/C17H20F3NO3/c1-11(2)8-12(3)16(24)21(10-15(22)23)9-13-4-6-14(7-5-13)17(18,19)20/h4-7,12H,1,8-10H2,2-3H3,(H,22,23). The Bertz CT molecular complexity index is 609. The number of rotatable bonds is 7. The highest BCUT2D eigenvalue weighted by molar-refractivity contribution is 5.83. The molecule has 0 saturated carbocycles. The summed E-state index contributed by atoms with van der Waals surface area (Å²) in [5.41, 5.74) is 0.429. The maximum atomic E-state index is 12.6. The lowest BCUT2D eigenvalue weighted by Crippen LogP contribution is -2.38. The molecule has 1 atom stereocenters. The Kier molecular flexibility index (Phi) is 6.57. The number of carbonyl (C=O) groups is 2. The smallest absolute Gasteiger partial charge is 0.416 e. The molecule has 0 fully saturated rings. The van der Waals surface area contributed by atoms with Gasteiger partial charge in [0.05, 0.1) is 5.56 Å². The Balaban J connectivity index is 2.91. The van der Waals surface area contributed by atoms with Crippen LogP contribution in [0.15, 0.2) is 36.4 Å². The van der Waals surface area contributed by atoms with E-state index in [1.165, 1.54) is 12.1 Å². The zero-order valence-corrected chi connectivity index (χ0v) is 13.6. The van der Waals surface area contributed by atoms with Gasteiger partial charge in [0.15, 0.2) is 0 Å². The van der Waals surface area contributed by atoms with Crippen LogP contribution in [0.2, 0.25) is 0 Å². The van der Waals surface area contributed by atoms with Crippen LogP contribution in [0.5, 0.6) is 0 Å². The number of aliphatic carboxylic acids is 1. The van der Waals surface area contributed by atoms with Crippen molar-refractivity contribution in [3.63, 3.8) is 0 Å². The van der Waals surface area contributed by atoms with Gasteiger partial charge in [0.25, 0.3) is 0 Å². The van der Waals surface area contributed by atoms with Gasteiger partial charge in [-0.05, 0) is 31.0 Å². The van der Waals surface area contributed by atoms with Crippen molar-refractivity contribution in [1.29, 1.82) is 0 Å². The number of halogens is 3. The quantitative estimate of drug-likeness (QED) is 0.768. The van der Waals surface area contributed by atoms with E-state index in [1.54, 1.807) is 13.8 Å². The lowest BCUT2D eigenvalue weighted by atomic mass is 10.0. The number of allylic oxidation sites excluding steroid dienone is 1. The van der Waals surface area contributed by atoms with Gasteiger partial charge in [-0.1, -0.05) is 24.6 Å². The van der Waals surface area contributed by atoms with Crippen molar-refractivity contribution in [1.82, 2.24) is 4.90 Å². The fraction of sp³-hybridized carbons (Fsp3) is 0.412. The maximum Gasteiger partial charge on any atom is 0.416 e. The van der Waals surface area contributed by atoms with Gasteiger partial charge in [-0.2, -0.15) is 13.2 Å². The normalized spacial score (nSPS) is 12.5. The van der Waals surface area contributed by atoms with Crippen molar-refractivity contribution >= 4 is 11.9 Å². The Hall–Kier alpha value is -2.31. The molecule has 0 spiro atoms. The first-order valence-corrected chi connectivity index (χ1v) is 7.31. The molecule has 0 aliphatic carbocycles. The Morgan fingerprint density at radius 1 is 1.25 bits per heavy atom. The maximum absolute atomic E-state index is 12.6.